The van der Waals surface area contributed by atoms with E-state index < -0.39 is 0 Å². The van der Waals surface area contributed by atoms with Crippen LogP contribution < -0.4 is 5.32 Å². The Hall–Kier alpha value is -2.25. The molecule has 0 bridgehead atoms. The molecule has 2 aromatic rings. The number of nitrogens with zero attached hydrogens (tertiary/aromatic N) is 1. The molecule has 0 spiro atoms. The van der Waals surface area contributed by atoms with E-state index in [-0.39, 0.29) is 5.91 Å². The fourth-order valence-corrected chi connectivity index (χ4v) is 2.81. The van der Waals surface area contributed by atoms with Gasteiger partial charge in [0.2, 0.25) is 5.91 Å². The first-order valence-corrected chi connectivity index (χ1v) is 8.16. The standard InChI is InChI=1S/C18H18N2OS/c1-14-8-10-16(11-9-14)22-12-4-7-18(21)20-17-6-3-2-5-15(17)13-19/h2-3,5-6,8-11H,4,7,12H2,1H3,(H,20,21). The van der Waals surface area contributed by atoms with Gasteiger partial charge in [-0.2, -0.15) is 5.26 Å². The Kier molecular flexibility index (Phi) is 6.05. The van der Waals surface area contributed by atoms with Crippen LogP contribution in [-0.4, -0.2) is 11.7 Å². The molecule has 2 aromatic carbocycles. The Bertz CT molecular complexity index is 674. The fraction of sp³-hybridized carbons (Fsp3) is 0.222. The number of carbonyl (C=O) groups excluding carboxylic acids is 1. The first kappa shape index (κ1) is 16.1. The molecule has 0 saturated carbocycles. The molecule has 3 nitrogen and oxygen atoms in total. The van der Waals surface area contributed by atoms with E-state index in [2.05, 4.69) is 42.6 Å². The number of nitriles is 1. The SMILES string of the molecule is Cc1ccc(SCCCC(=O)Nc2ccccc2C#N)cc1. The van der Waals surface area contributed by atoms with Crippen LogP contribution in [0, 0.1) is 18.3 Å². The van der Waals surface area contributed by atoms with Crippen molar-refractivity contribution in [1.29, 1.82) is 5.26 Å². The number of hydrogen-bond acceptors (Lipinski definition) is 3. The number of nitrogens with one attached hydrogen (secondary N) is 1. The van der Waals surface area contributed by atoms with Crippen molar-refractivity contribution in [2.45, 2.75) is 24.7 Å². The largest absolute Gasteiger partial charge is 0.325 e. The number of carbonyl (C=O) groups is 1. The van der Waals surface area contributed by atoms with Crippen LogP contribution in [-0.2, 0) is 4.79 Å². The van der Waals surface area contributed by atoms with Crippen molar-refractivity contribution < 1.29 is 4.79 Å². The molecule has 1 amide bonds. The number of aryl methyl sites for hydroxylation is 1. The van der Waals surface area contributed by atoms with Crippen LogP contribution in [0.15, 0.2) is 53.4 Å². The summed E-state index contributed by atoms with van der Waals surface area (Å²) in [4.78, 5) is 13.1. The van der Waals surface area contributed by atoms with E-state index in [0.717, 1.165) is 12.2 Å². The first-order chi connectivity index (χ1) is 10.7. The highest BCUT2D eigenvalue weighted by atomic mass is 32.2. The van der Waals surface area contributed by atoms with Crippen LogP contribution in [0.3, 0.4) is 0 Å². The molecular formula is C18H18N2OS. The number of hydrogen-bond donors (Lipinski definition) is 1. The van der Waals surface area contributed by atoms with Gasteiger partial charge in [0.15, 0.2) is 0 Å². The summed E-state index contributed by atoms with van der Waals surface area (Å²) in [5, 5.41) is 11.8. The summed E-state index contributed by atoms with van der Waals surface area (Å²) in [7, 11) is 0. The summed E-state index contributed by atoms with van der Waals surface area (Å²) in [6.45, 7) is 2.07. The molecule has 22 heavy (non-hydrogen) atoms. The van der Waals surface area contributed by atoms with Crippen LogP contribution in [0.25, 0.3) is 0 Å². The summed E-state index contributed by atoms with van der Waals surface area (Å²) in [5.74, 6) is 0.850. The van der Waals surface area contributed by atoms with Gasteiger partial charge in [0, 0.05) is 11.3 Å². The van der Waals surface area contributed by atoms with Crippen molar-refractivity contribution in [2.24, 2.45) is 0 Å². The summed E-state index contributed by atoms with van der Waals surface area (Å²) in [6.07, 6.45) is 1.26. The zero-order chi connectivity index (χ0) is 15.8. The predicted octanol–water partition coefficient (Wildman–Crippen LogP) is 4.38. The second-order valence-corrected chi connectivity index (χ2v) is 6.14. The van der Waals surface area contributed by atoms with Crippen molar-refractivity contribution in [1.82, 2.24) is 0 Å². The molecule has 2 rings (SSSR count). The van der Waals surface area contributed by atoms with Crippen LogP contribution in [0.4, 0.5) is 5.69 Å². The lowest BCUT2D eigenvalue weighted by atomic mass is 10.2. The number of rotatable bonds is 6. The Morgan fingerprint density at radius 1 is 1.18 bits per heavy atom. The Morgan fingerprint density at radius 2 is 1.91 bits per heavy atom. The number of para-hydroxylation sites is 1. The summed E-state index contributed by atoms with van der Waals surface area (Å²) < 4.78 is 0. The maximum atomic E-state index is 11.9. The highest BCUT2D eigenvalue weighted by molar-refractivity contribution is 7.99. The molecule has 0 saturated heterocycles. The molecular weight excluding hydrogens is 292 g/mol. The Balaban J connectivity index is 1.74. The normalized spacial score (nSPS) is 10.0. The second-order valence-electron chi connectivity index (χ2n) is 4.97. The molecule has 4 heteroatoms. The highest BCUT2D eigenvalue weighted by Crippen LogP contribution is 2.20. The van der Waals surface area contributed by atoms with E-state index in [1.54, 1.807) is 30.0 Å². The van der Waals surface area contributed by atoms with Crippen molar-refractivity contribution in [3.05, 3.63) is 59.7 Å². The summed E-state index contributed by atoms with van der Waals surface area (Å²) in [5.41, 5.74) is 2.32. The molecule has 0 atom stereocenters. The van der Waals surface area contributed by atoms with E-state index in [1.807, 2.05) is 6.07 Å². The van der Waals surface area contributed by atoms with Crippen molar-refractivity contribution in [3.8, 4) is 6.07 Å². The third-order valence-electron chi connectivity index (χ3n) is 3.16. The highest BCUT2D eigenvalue weighted by Gasteiger charge is 2.06. The molecule has 0 aliphatic heterocycles. The third-order valence-corrected chi connectivity index (χ3v) is 4.26. The van der Waals surface area contributed by atoms with Gasteiger partial charge in [-0.1, -0.05) is 29.8 Å². The van der Waals surface area contributed by atoms with Crippen molar-refractivity contribution >= 4 is 23.4 Å². The minimum absolute atomic E-state index is 0.0489. The quantitative estimate of drug-likeness (QED) is 0.636. The smallest absolute Gasteiger partial charge is 0.224 e. The monoisotopic (exact) mass is 310 g/mol. The van der Waals surface area contributed by atoms with Gasteiger partial charge in [-0.3, -0.25) is 4.79 Å². The van der Waals surface area contributed by atoms with Crippen LogP contribution >= 0.6 is 11.8 Å². The number of benzene rings is 2. The first-order valence-electron chi connectivity index (χ1n) is 7.17. The van der Waals surface area contributed by atoms with Gasteiger partial charge in [-0.15, -0.1) is 11.8 Å². The summed E-state index contributed by atoms with van der Waals surface area (Å²) in [6, 6.07) is 17.5. The van der Waals surface area contributed by atoms with E-state index in [9.17, 15) is 4.79 Å². The van der Waals surface area contributed by atoms with Crippen molar-refractivity contribution in [2.75, 3.05) is 11.1 Å². The number of anilines is 1. The lowest BCUT2D eigenvalue weighted by Gasteiger charge is -2.06. The molecule has 0 fully saturated rings. The Morgan fingerprint density at radius 3 is 2.64 bits per heavy atom. The van der Waals surface area contributed by atoms with Gasteiger partial charge in [-0.05, 0) is 43.4 Å². The Labute approximate surface area is 135 Å². The van der Waals surface area contributed by atoms with Crippen molar-refractivity contribution in [3.63, 3.8) is 0 Å². The van der Waals surface area contributed by atoms with Gasteiger partial charge >= 0.3 is 0 Å². The third kappa shape index (κ3) is 4.94. The molecule has 0 aliphatic carbocycles. The van der Waals surface area contributed by atoms with Gasteiger partial charge in [0.25, 0.3) is 0 Å². The van der Waals surface area contributed by atoms with Gasteiger partial charge in [0.05, 0.1) is 11.3 Å². The zero-order valence-electron chi connectivity index (χ0n) is 12.5. The molecule has 0 aromatic heterocycles. The molecule has 0 heterocycles. The molecule has 0 unspecified atom stereocenters. The average Bonchev–Trinajstić information content (AvgIpc) is 2.54. The fourth-order valence-electron chi connectivity index (χ4n) is 1.96. The second kappa shape index (κ2) is 8.26. The van der Waals surface area contributed by atoms with E-state index in [1.165, 1.54) is 10.5 Å². The minimum atomic E-state index is -0.0489. The molecule has 112 valence electrons. The molecule has 0 aliphatic rings. The van der Waals surface area contributed by atoms with Crippen LogP contribution in [0.1, 0.15) is 24.0 Å². The average molecular weight is 310 g/mol. The topological polar surface area (TPSA) is 52.9 Å². The lowest BCUT2D eigenvalue weighted by Crippen LogP contribution is -2.12. The number of amides is 1. The molecule has 1 N–H and O–H groups in total. The van der Waals surface area contributed by atoms with Gasteiger partial charge < -0.3 is 5.32 Å². The van der Waals surface area contributed by atoms with Gasteiger partial charge in [0.1, 0.15) is 6.07 Å². The van der Waals surface area contributed by atoms with Gasteiger partial charge in [-0.25, -0.2) is 0 Å². The minimum Gasteiger partial charge on any atom is -0.325 e. The van der Waals surface area contributed by atoms with Crippen LogP contribution in [0.2, 0.25) is 0 Å². The maximum Gasteiger partial charge on any atom is 0.224 e. The van der Waals surface area contributed by atoms with E-state index in [4.69, 9.17) is 5.26 Å². The molecule has 0 radical (unpaired) electrons. The maximum absolute atomic E-state index is 11.9. The lowest BCUT2D eigenvalue weighted by molar-refractivity contribution is -0.116. The van der Waals surface area contributed by atoms with Crippen LogP contribution in [0.5, 0.6) is 0 Å². The zero-order valence-corrected chi connectivity index (χ0v) is 13.3. The van der Waals surface area contributed by atoms with E-state index in [0.29, 0.717) is 17.7 Å². The number of thioether (sulfide) groups is 1. The van der Waals surface area contributed by atoms with E-state index >= 15 is 0 Å². The summed E-state index contributed by atoms with van der Waals surface area (Å²) >= 11 is 1.75. The predicted molar refractivity (Wildman–Crippen MR) is 90.9 cm³/mol.